The van der Waals surface area contributed by atoms with Gasteiger partial charge in [0, 0.05) is 96.0 Å². The van der Waals surface area contributed by atoms with E-state index in [1.807, 2.05) is 57.9 Å². The fourth-order valence-corrected chi connectivity index (χ4v) is 28.7. The molecule has 0 saturated heterocycles. The van der Waals surface area contributed by atoms with Crippen LogP contribution in [0.4, 0.5) is 0 Å². The van der Waals surface area contributed by atoms with Crippen LogP contribution in [0.15, 0.2) is 118 Å². The molecule has 0 N–H and O–H groups in total. The van der Waals surface area contributed by atoms with Crippen molar-refractivity contribution in [3.8, 4) is 0 Å². The van der Waals surface area contributed by atoms with E-state index in [0.717, 1.165) is 148 Å². The molecule has 36 heteroatoms. The summed E-state index contributed by atoms with van der Waals surface area (Å²) < 4.78 is 15.0. The second kappa shape index (κ2) is 73.4. The molecule has 7 aromatic rings. The number of esters is 2. The van der Waals surface area contributed by atoms with Crippen LogP contribution in [0.3, 0.4) is 0 Å². The largest absolute Gasteiger partial charge is 0 e. The number of halogens is 8. The summed E-state index contributed by atoms with van der Waals surface area (Å²) >= 11 is 40.1. The summed E-state index contributed by atoms with van der Waals surface area (Å²) in [6, 6.07) is 11.7. The van der Waals surface area contributed by atoms with E-state index >= 15 is 0 Å². The molecule has 0 saturated carbocycles. The molecule has 2 radical (unpaired) electrons. The first-order valence-electron chi connectivity index (χ1n) is 51.5. The maximum Gasteiger partial charge on any atom is 0 e. The third kappa shape index (κ3) is 42.1. The minimum atomic E-state index is -0.579. The van der Waals surface area contributed by atoms with Gasteiger partial charge in [0.15, 0.2) is 0 Å². The van der Waals surface area contributed by atoms with Gasteiger partial charge >= 0.3 is 36.7 Å². The monoisotopic (exact) mass is 2660 g/mol. The number of carbonyl (C=O) groups excluding carboxylic acids is 12. The molecule has 0 atom stereocenters. The number of thiol groups is 1. The van der Waals surface area contributed by atoms with Crippen molar-refractivity contribution < 1.29 is 79.3 Å². The third-order valence-corrected chi connectivity index (χ3v) is 36.8. The maximum atomic E-state index is 13.5. The van der Waals surface area contributed by atoms with Gasteiger partial charge in [0.25, 0.3) is 59.1 Å². The number of benzene rings is 1. The van der Waals surface area contributed by atoms with E-state index in [-0.39, 0.29) is 76.1 Å². The Labute approximate surface area is 962 Å². The van der Waals surface area contributed by atoms with Gasteiger partial charge in [-0.25, -0.2) is 9.59 Å². The molecule has 13 rings (SSSR count). The average molecular weight is 2670 g/mol. The van der Waals surface area contributed by atoms with Crippen molar-refractivity contribution in [1.82, 2.24) is 24.5 Å². The van der Waals surface area contributed by atoms with Crippen LogP contribution in [0.2, 0.25) is 0 Å². The number of carbonyl (C=O) groups is 12. The van der Waals surface area contributed by atoms with Crippen molar-refractivity contribution >= 4 is 329 Å². The number of amides is 10. The summed E-state index contributed by atoms with van der Waals surface area (Å²) in [5, 5.41) is 9.62. The van der Waals surface area contributed by atoms with Gasteiger partial charge in [-0.15, -0.1) is 45.3 Å². The molecule has 144 heavy (non-hydrogen) atoms. The SMILES string of the molecule is CCCCCCCCCCCCN1C(=O)C(Br)=C(Br)C1=O.CCCCCCCCCCCCN1C(=O)C(c2cc(Br)sc2Br)=C(c2cc(Br)sc2Br)C1=O.CCCCCCCCCCCCN1C(=O)C(c2ccsc2)=C(c2ccsc2)C1=O.CCCCCCCCCCCCN1C(=O)C=CC1=O.CCCCCCCCCCCCN1C(=O)c2c(c3cc(Br)sc3c3sc(Br)cc23)C1=O.O=C1C=CC(=O)O1.[B]=NS.[Cu]. The predicted octanol–water partition coefficient (Wildman–Crippen LogP) is 35.1. The van der Waals surface area contributed by atoms with Crippen LogP contribution >= 0.6 is 208 Å². The summed E-state index contributed by atoms with van der Waals surface area (Å²) in [6.45, 7) is 13.8. The molecule has 12 heterocycles. The Bertz CT molecular complexity index is 5200. The van der Waals surface area contributed by atoms with Gasteiger partial charge < -0.3 is 4.74 Å². The third-order valence-electron chi connectivity index (χ3n) is 25.3. The fraction of sp³-hybridized carbons (Fsp3) is 0.556. The molecule has 6 aliphatic heterocycles. The smallest absolute Gasteiger partial charge is 0 e. The van der Waals surface area contributed by atoms with Crippen LogP contribution in [-0.2, 0) is 69.8 Å². The Kier molecular flexibility index (Phi) is 65.6. The molecule has 6 aromatic heterocycles. The van der Waals surface area contributed by atoms with E-state index in [1.165, 1.54) is 310 Å². The van der Waals surface area contributed by atoms with E-state index in [9.17, 15) is 57.5 Å². The van der Waals surface area contributed by atoms with Crippen LogP contribution in [0.1, 0.15) is 399 Å². The number of unbranched alkanes of at least 4 members (excludes halogenated alkanes) is 45. The Morgan fingerprint density at radius 1 is 0.299 bits per heavy atom. The number of cyclic esters (lactones) is 2. The molecule has 1 aromatic carbocycles. The van der Waals surface area contributed by atoms with Crippen LogP contribution < -0.4 is 0 Å². The van der Waals surface area contributed by atoms with Crippen molar-refractivity contribution in [2.75, 3.05) is 32.7 Å². The number of imide groups is 5. The van der Waals surface area contributed by atoms with Gasteiger partial charge in [-0.05, 0) is 229 Å². The summed E-state index contributed by atoms with van der Waals surface area (Å²) in [4.78, 5) is 153. The van der Waals surface area contributed by atoms with Crippen LogP contribution in [0, 0.1) is 0 Å². The van der Waals surface area contributed by atoms with Crippen molar-refractivity contribution in [2.45, 2.75) is 356 Å². The van der Waals surface area contributed by atoms with E-state index in [4.69, 9.17) is 0 Å². The van der Waals surface area contributed by atoms with Gasteiger partial charge in [-0.1, -0.05) is 324 Å². The van der Waals surface area contributed by atoms with Crippen molar-refractivity contribution in [1.29, 1.82) is 0 Å². The Balaban J connectivity index is 0.000000271. The first-order chi connectivity index (χ1) is 69.2. The second-order valence-electron chi connectivity index (χ2n) is 36.3. The number of nitrogens with zero attached hydrogens (tertiary/aromatic N) is 6. The standard InChI is InChI=1S/C24H27Br4NO2S2.C24H27Br2NO2S2.C24H31NO2S2.C16H25Br2NO2.C16H27NO2.C4H2O3.BHNS.Cu/c1-2-3-4-5-6-7-8-9-10-11-12-29-23(30)19(15-13-17(25)32-21(15)27)20(24(29)31)16-14-18(26)33-22(16)28;1-2-3-4-5-6-7-8-9-10-11-12-27-23(28)19-15-13-17(25)30-21(15)22-16(14-18(26)31-22)20(19)24(27)29;1-2-3-4-5-6-7-8-9-10-11-14-25-23(26)21(19-12-15-28-17-19)22(24(25)27)20-13-16-29-18-20;1-2-3-4-5-6-7-8-9-10-11-12-19-15(20)13(17)14(18)16(19)21;1-2-3-4-5-6-7-8-9-10-11-14-17-15(18)12-13-16(17)19;5-3-1-2-4(6)7-3;1-2-3;/h13-14H,2-12H2,1H3;13-14H,2-12H2,1H3;12-13,15-18H,2-11,14H2,1H3;2-12H2,1H3;12-13H,2-11,14H2,1H3;1-2H;3H;. The molecule has 0 fully saturated rings. The molecule has 0 spiro atoms. The van der Waals surface area contributed by atoms with E-state index in [2.05, 4.69) is 192 Å². The molecular formula is C108H140BBr8CuN6O13S7. The molecule has 6 aliphatic rings. The molecule has 792 valence electrons. The minimum absolute atomic E-state index is 0. The van der Waals surface area contributed by atoms with E-state index < -0.39 is 11.9 Å². The molecular weight excluding hydrogens is 2530 g/mol. The molecule has 19 nitrogen and oxygen atoms in total. The number of hydrogen-bond acceptors (Lipinski definition) is 21. The molecule has 0 bridgehead atoms. The van der Waals surface area contributed by atoms with Crippen LogP contribution in [0.25, 0.3) is 42.5 Å². The van der Waals surface area contributed by atoms with Crippen LogP contribution in [0.5, 0.6) is 0 Å². The van der Waals surface area contributed by atoms with Crippen molar-refractivity contribution in [2.24, 2.45) is 4.30 Å². The van der Waals surface area contributed by atoms with Gasteiger partial charge in [0.2, 0.25) is 0 Å². The number of ether oxygens (including phenoxy) is 1. The second-order valence-corrected chi connectivity index (χ2v) is 52.0. The Hall–Kier alpha value is -3.95. The van der Waals surface area contributed by atoms with Gasteiger partial charge in [-0.3, -0.25) is 72.4 Å². The van der Waals surface area contributed by atoms with Gasteiger partial charge in [-0.2, -0.15) is 22.7 Å². The summed E-state index contributed by atoms with van der Waals surface area (Å²) in [5.74, 6) is -2.83. The maximum absolute atomic E-state index is 13.5. The van der Waals surface area contributed by atoms with Crippen molar-refractivity contribution in [3.05, 3.63) is 147 Å². The molecule has 0 aliphatic carbocycles. The van der Waals surface area contributed by atoms with Crippen LogP contribution in [-0.4, -0.2) is 136 Å². The Morgan fingerprint density at radius 2 is 0.528 bits per heavy atom. The molecule has 0 unspecified atom stereocenters. The topological polar surface area (TPSA) is 243 Å². The normalized spacial score (nSPS) is 14.3. The Morgan fingerprint density at radius 3 is 0.757 bits per heavy atom. The predicted molar refractivity (Wildman–Crippen MR) is 627 cm³/mol. The average Bonchev–Trinajstić information content (AvgIpc) is 1.55. The number of rotatable bonds is 59. The first-order valence-corrected chi connectivity index (χ1v) is 63.4. The van der Waals surface area contributed by atoms with Crippen molar-refractivity contribution in [3.63, 3.8) is 0 Å². The van der Waals surface area contributed by atoms with E-state index in [1.54, 1.807) is 45.3 Å². The zero-order valence-corrected chi connectivity index (χ0v) is 103. The summed E-state index contributed by atoms with van der Waals surface area (Å²) in [5.41, 5.74) is 6.53. The quantitative estimate of drug-likeness (QED) is 0.00932. The fourth-order valence-electron chi connectivity index (χ4n) is 17.6. The number of thiophene rings is 6. The van der Waals surface area contributed by atoms with E-state index in [0.29, 0.717) is 75.1 Å². The van der Waals surface area contributed by atoms with Gasteiger partial charge in [0.05, 0.1) is 65.5 Å². The number of fused-ring (bicyclic) bond motifs is 6. The zero-order valence-electron chi connectivity index (χ0n) is 83.8. The summed E-state index contributed by atoms with van der Waals surface area (Å²) in [6.07, 6.45) is 67.0. The minimum Gasteiger partial charge on any atom is 0 e. The number of hydrogen-bond donors (Lipinski definition) is 1. The first kappa shape index (κ1) is 129. The molecule has 10 amide bonds. The summed E-state index contributed by atoms with van der Waals surface area (Å²) in [7, 11) is 4.34. The van der Waals surface area contributed by atoms with Gasteiger partial charge in [0.1, 0.15) is 8.96 Å². The zero-order chi connectivity index (χ0) is 104.